The van der Waals surface area contributed by atoms with E-state index in [4.69, 9.17) is 12.2 Å². The number of hydrogen-bond donors (Lipinski definition) is 1. The first kappa shape index (κ1) is 10.6. The van der Waals surface area contributed by atoms with Crippen molar-refractivity contribution in [3.63, 3.8) is 0 Å². The van der Waals surface area contributed by atoms with Gasteiger partial charge in [0.1, 0.15) is 0 Å². The lowest BCUT2D eigenvalue weighted by molar-refractivity contribution is 0.921. The molecule has 2 rings (SSSR count). The van der Waals surface area contributed by atoms with Crippen LogP contribution in [0.25, 0.3) is 5.69 Å². The zero-order valence-electron chi connectivity index (χ0n) is 8.33. The van der Waals surface area contributed by atoms with E-state index in [0.29, 0.717) is 0 Å². The summed E-state index contributed by atoms with van der Waals surface area (Å²) in [5.41, 5.74) is 2.28. The molecule has 0 saturated heterocycles. The van der Waals surface area contributed by atoms with Gasteiger partial charge in [0.2, 0.25) is 0 Å². The predicted octanol–water partition coefficient (Wildman–Crippen LogP) is 3.86. The highest BCUT2D eigenvalue weighted by molar-refractivity contribution is 9.10. The minimum Gasteiger partial charge on any atom is -0.337 e. The molecule has 0 aliphatic carbocycles. The zero-order chi connectivity index (χ0) is 10.8. The summed E-state index contributed by atoms with van der Waals surface area (Å²) in [5.74, 6) is 0. The maximum atomic E-state index is 5.26. The molecule has 0 radical (unpaired) electrons. The molecular formula is C11H11BrN2S. The van der Waals surface area contributed by atoms with Crippen LogP contribution in [0.4, 0.5) is 0 Å². The number of imidazole rings is 1. The number of aromatic amines is 1. The van der Waals surface area contributed by atoms with Gasteiger partial charge < -0.3 is 4.98 Å². The lowest BCUT2D eigenvalue weighted by Gasteiger charge is -2.06. The fourth-order valence-electron chi connectivity index (χ4n) is 1.56. The average molecular weight is 283 g/mol. The van der Waals surface area contributed by atoms with Crippen LogP contribution in [0.15, 0.2) is 34.9 Å². The molecule has 78 valence electrons. The summed E-state index contributed by atoms with van der Waals surface area (Å²) in [5, 5.41) is 0. The molecule has 0 aliphatic rings. The lowest BCUT2D eigenvalue weighted by atomic mass is 10.3. The second kappa shape index (κ2) is 4.33. The number of nitrogens with one attached hydrogen (secondary N) is 1. The van der Waals surface area contributed by atoms with Crippen LogP contribution in [0.2, 0.25) is 0 Å². The average Bonchev–Trinajstić information content (AvgIpc) is 2.59. The zero-order valence-corrected chi connectivity index (χ0v) is 10.7. The number of aromatic nitrogens is 2. The maximum Gasteiger partial charge on any atom is 0.182 e. The van der Waals surface area contributed by atoms with E-state index in [1.54, 1.807) is 0 Å². The van der Waals surface area contributed by atoms with Gasteiger partial charge in [0.15, 0.2) is 4.77 Å². The summed E-state index contributed by atoms with van der Waals surface area (Å²) < 4.78 is 3.86. The van der Waals surface area contributed by atoms with Gasteiger partial charge in [0.05, 0.1) is 0 Å². The summed E-state index contributed by atoms with van der Waals surface area (Å²) in [6, 6.07) is 8.12. The molecule has 2 aromatic rings. The highest BCUT2D eigenvalue weighted by atomic mass is 79.9. The predicted molar refractivity (Wildman–Crippen MR) is 68.0 cm³/mol. The van der Waals surface area contributed by atoms with Gasteiger partial charge in [0.25, 0.3) is 0 Å². The Hall–Kier alpha value is -0.870. The largest absolute Gasteiger partial charge is 0.337 e. The van der Waals surface area contributed by atoms with E-state index in [2.05, 4.69) is 38.5 Å². The van der Waals surface area contributed by atoms with Gasteiger partial charge in [-0.3, -0.25) is 4.57 Å². The van der Waals surface area contributed by atoms with E-state index in [1.807, 2.05) is 24.4 Å². The first-order valence-corrected chi connectivity index (χ1v) is 5.97. The van der Waals surface area contributed by atoms with E-state index in [0.717, 1.165) is 21.4 Å². The van der Waals surface area contributed by atoms with Crippen LogP contribution in [-0.2, 0) is 6.42 Å². The standard InChI is InChI=1S/C11H11BrN2S/c1-2-9-7-13-11(15)14(9)10-5-3-4-8(12)6-10/h3-7H,2H2,1H3,(H,13,15). The molecule has 1 aromatic heterocycles. The Balaban J connectivity index is 2.62. The number of hydrogen-bond acceptors (Lipinski definition) is 1. The number of halogens is 1. The Morgan fingerprint density at radius 1 is 1.47 bits per heavy atom. The molecule has 1 heterocycles. The highest BCUT2D eigenvalue weighted by Gasteiger charge is 2.04. The molecule has 0 amide bonds. The molecule has 0 atom stereocenters. The van der Waals surface area contributed by atoms with Crippen LogP contribution in [0.3, 0.4) is 0 Å². The van der Waals surface area contributed by atoms with Crippen LogP contribution in [0, 0.1) is 4.77 Å². The fraction of sp³-hybridized carbons (Fsp3) is 0.182. The van der Waals surface area contributed by atoms with Crippen molar-refractivity contribution in [1.82, 2.24) is 9.55 Å². The third kappa shape index (κ3) is 2.06. The Labute approximate surface area is 102 Å². The molecule has 1 N–H and O–H groups in total. The molecule has 0 bridgehead atoms. The summed E-state index contributed by atoms with van der Waals surface area (Å²) in [4.78, 5) is 3.07. The van der Waals surface area contributed by atoms with E-state index >= 15 is 0 Å². The maximum absolute atomic E-state index is 5.26. The van der Waals surface area contributed by atoms with Crippen molar-refractivity contribution in [1.29, 1.82) is 0 Å². The highest BCUT2D eigenvalue weighted by Crippen LogP contribution is 2.18. The van der Waals surface area contributed by atoms with Crippen molar-refractivity contribution in [3.8, 4) is 5.69 Å². The van der Waals surface area contributed by atoms with Gasteiger partial charge in [-0.15, -0.1) is 0 Å². The van der Waals surface area contributed by atoms with Crippen LogP contribution in [-0.4, -0.2) is 9.55 Å². The molecule has 0 fully saturated rings. The lowest BCUT2D eigenvalue weighted by Crippen LogP contribution is -1.98. The fourth-order valence-corrected chi connectivity index (χ4v) is 2.23. The van der Waals surface area contributed by atoms with Crippen LogP contribution in [0.1, 0.15) is 12.6 Å². The number of nitrogens with zero attached hydrogens (tertiary/aromatic N) is 1. The molecule has 2 nitrogen and oxygen atoms in total. The van der Waals surface area contributed by atoms with Crippen molar-refractivity contribution < 1.29 is 0 Å². The SMILES string of the molecule is CCc1c[nH]c(=S)n1-c1cccc(Br)c1. The molecule has 0 aliphatic heterocycles. The molecular weight excluding hydrogens is 272 g/mol. The van der Waals surface area contributed by atoms with Crippen LogP contribution >= 0.6 is 28.1 Å². The van der Waals surface area contributed by atoms with Gasteiger partial charge >= 0.3 is 0 Å². The Morgan fingerprint density at radius 2 is 2.27 bits per heavy atom. The molecule has 15 heavy (non-hydrogen) atoms. The van der Waals surface area contributed by atoms with Gasteiger partial charge in [-0.25, -0.2) is 0 Å². The first-order valence-electron chi connectivity index (χ1n) is 4.77. The summed E-state index contributed by atoms with van der Waals surface area (Å²) in [7, 11) is 0. The van der Waals surface area contributed by atoms with Crippen LogP contribution < -0.4 is 0 Å². The quantitative estimate of drug-likeness (QED) is 0.830. The van der Waals surface area contributed by atoms with Crippen molar-refractivity contribution in [2.45, 2.75) is 13.3 Å². The molecule has 0 unspecified atom stereocenters. The third-order valence-corrected chi connectivity index (χ3v) is 3.07. The Bertz CT molecular complexity index is 527. The van der Waals surface area contributed by atoms with Crippen molar-refractivity contribution in [2.24, 2.45) is 0 Å². The van der Waals surface area contributed by atoms with Crippen LogP contribution in [0.5, 0.6) is 0 Å². The van der Waals surface area contributed by atoms with E-state index < -0.39 is 0 Å². The minimum atomic E-state index is 0.741. The number of benzene rings is 1. The molecule has 0 spiro atoms. The van der Waals surface area contributed by atoms with E-state index in [9.17, 15) is 0 Å². The summed E-state index contributed by atoms with van der Waals surface area (Å²) in [6.07, 6.45) is 2.92. The normalized spacial score (nSPS) is 10.5. The van der Waals surface area contributed by atoms with Gasteiger partial charge in [-0.2, -0.15) is 0 Å². The number of H-pyrrole nitrogens is 1. The van der Waals surface area contributed by atoms with Crippen molar-refractivity contribution in [2.75, 3.05) is 0 Å². The Kier molecular flexibility index (Phi) is 3.07. The first-order chi connectivity index (χ1) is 7.22. The number of aryl methyl sites for hydroxylation is 1. The number of rotatable bonds is 2. The monoisotopic (exact) mass is 282 g/mol. The van der Waals surface area contributed by atoms with E-state index in [1.165, 1.54) is 5.69 Å². The van der Waals surface area contributed by atoms with Gasteiger partial charge in [-0.1, -0.05) is 28.9 Å². The molecule has 4 heteroatoms. The van der Waals surface area contributed by atoms with Gasteiger partial charge in [-0.05, 0) is 36.8 Å². The van der Waals surface area contributed by atoms with Crippen molar-refractivity contribution in [3.05, 3.63) is 45.4 Å². The molecule has 0 saturated carbocycles. The van der Waals surface area contributed by atoms with E-state index in [-0.39, 0.29) is 0 Å². The van der Waals surface area contributed by atoms with Crippen molar-refractivity contribution >= 4 is 28.1 Å². The Morgan fingerprint density at radius 3 is 2.93 bits per heavy atom. The smallest absolute Gasteiger partial charge is 0.182 e. The minimum absolute atomic E-state index is 0.741. The third-order valence-electron chi connectivity index (χ3n) is 2.28. The topological polar surface area (TPSA) is 20.7 Å². The second-order valence-corrected chi connectivity index (χ2v) is 4.56. The second-order valence-electron chi connectivity index (χ2n) is 3.25. The summed E-state index contributed by atoms with van der Waals surface area (Å²) >= 11 is 8.72. The van der Waals surface area contributed by atoms with Gasteiger partial charge in [0, 0.05) is 22.1 Å². The molecule has 1 aromatic carbocycles. The summed E-state index contributed by atoms with van der Waals surface area (Å²) in [6.45, 7) is 2.12.